The molecule has 0 aromatic carbocycles. The van der Waals surface area contributed by atoms with E-state index < -0.39 is 17.2 Å². The number of ether oxygens (including phenoxy) is 11. The fourth-order valence-corrected chi connectivity index (χ4v) is 3.48. The average Bonchev–Trinajstić information content (AvgIpc) is 3.05. The molecule has 16 nitrogen and oxygen atoms in total. The Morgan fingerprint density at radius 2 is 0.755 bits per heavy atom. The molecule has 0 bridgehead atoms. The first-order valence-corrected chi connectivity index (χ1v) is 18.2. The molecule has 0 atom stereocenters. The van der Waals surface area contributed by atoms with Crippen LogP contribution in [0.2, 0.25) is 0 Å². The standard InChI is InChI=1S/C20H36O8.C17H32O8/c1-5-9-27-18(21)8-11-24-13-15-26-17-16-25-14-12-23-10-6-7-19(22)28-20(2,3)4;1-17(2,3)25-16(20)5-4-7-21-9-11-23-13-14-24-12-10-22-8-6-15(18)19/h5H,1,6-17H2,2-4H3;4-14H2,1-3H3,(H,18,19). The summed E-state index contributed by atoms with van der Waals surface area (Å²) in [6.45, 7) is 21.6. The van der Waals surface area contributed by atoms with Crippen molar-refractivity contribution in [1.29, 1.82) is 0 Å². The summed E-state index contributed by atoms with van der Waals surface area (Å²) in [4.78, 5) is 44.4. The predicted octanol–water partition coefficient (Wildman–Crippen LogP) is 3.94. The molecule has 0 aromatic heterocycles. The Kier molecular flexibility index (Phi) is 35.9. The first-order valence-electron chi connectivity index (χ1n) is 18.2. The molecule has 1 N–H and O–H groups in total. The van der Waals surface area contributed by atoms with Crippen molar-refractivity contribution in [3.63, 3.8) is 0 Å². The van der Waals surface area contributed by atoms with E-state index in [1.807, 2.05) is 41.5 Å². The fraction of sp³-hybridized carbons (Fsp3) is 0.838. The van der Waals surface area contributed by atoms with Gasteiger partial charge in [-0.25, -0.2) is 0 Å². The summed E-state index contributed by atoms with van der Waals surface area (Å²) in [6, 6.07) is 0. The quantitative estimate of drug-likeness (QED) is 0.0428. The summed E-state index contributed by atoms with van der Waals surface area (Å²) in [5.74, 6) is -1.60. The molecule has 0 fully saturated rings. The molecule has 312 valence electrons. The Hall–Kier alpha value is -2.70. The monoisotopic (exact) mass is 768 g/mol. The van der Waals surface area contributed by atoms with Gasteiger partial charge in [-0.3, -0.25) is 19.2 Å². The van der Waals surface area contributed by atoms with Crippen molar-refractivity contribution in [3.8, 4) is 0 Å². The van der Waals surface area contributed by atoms with Crippen LogP contribution in [0.3, 0.4) is 0 Å². The lowest BCUT2D eigenvalue weighted by atomic mass is 10.2. The van der Waals surface area contributed by atoms with E-state index in [-0.39, 0.29) is 44.0 Å². The molecule has 0 aliphatic heterocycles. The number of esters is 3. The Labute approximate surface area is 316 Å². The van der Waals surface area contributed by atoms with E-state index in [0.29, 0.717) is 125 Å². The third kappa shape index (κ3) is 49.3. The summed E-state index contributed by atoms with van der Waals surface area (Å²) < 4.78 is 57.6. The maximum atomic E-state index is 11.5. The van der Waals surface area contributed by atoms with Crippen molar-refractivity contribution in [2.75, 3.05) is 112 Å². The molecule has 0 aliphatic carbocycles. The number of rotatable bonds is 34. The van der Waals surface area contributed by atoms with Crippen LogP contribution >= 0.6 is 0 Å². The topological polar surface area (TPSA) is 190 Å². The van der Waals surface area contributed by atoms with Crippen LogP contribution < -0.4 is 0 Å². The SMILES string of the molecule is C=CCOC(=O)CCOCCOCCOCCOCCCC(=O)OC(C)(C)C.CC(C)(C)OC(=O)CCCOCCOCCOCCOCCC(=O)O. The minimum Gasteiger partial charge on any atom is -0.481 e. The maximum absolute atomic E-state index is 11.5. The van der Waals surface area contributed by atoms with E-state index in [1.54, 1.807) is 0 Å². The summed E-state index contributed by atoms with van der Waals surface area (Å²) >= 11 is 0. The molecule has 0 saturated carbocycles. The van der Waals surface area contributed by atoms with Crippen LogP contribution in [-0.4, -0.2) is 153 Å². The minimum atomic E-state index is -0.874. The zero-order valence-electron chi connectivity index (χ0n) is 33.1. The summed E-state index contributed by atoms with van der Waals surface area (Å²) in [5.41, 5.74) is -0.891. The van der Waals surface area contributed by atoms with Gasteiger partial charge < -0.3 is 57.2 Å². The second-order valence-electron chi connectivity index (χ2n) is 13.1. The van der Waals surface area contributed by atoms with Crippen molar-refractivity contribution >= 4 is 23.9 Å². The Bertz CT molecular complexity index is 914. The third-order valence-electron chi connectivity index (χ3n) is 5.68. The van der Waals surface area contributed by atoms with Gasteiger partial charge in [-0.2, -0.15) is 0 Å². The molecule has 53 heavy (non-hydrogen) atoms. The molecular formula is C37H68O16. The molecule has 0 amide bonds. The molecule has 0 aliphatic rings. The number of carbonyl (C=O) groups is 4. The minimum absolute atomic E-state index is 0.000878. The van der Waals surface area contributed by atoms with Gasteiger partial charge in [0.15, 0.2) is 0 Å². The molecule has 0 saturated heterocycles. The zero-order valence-corrected chi connectivity index (χ0v) is 33.1. The smallest absolute Gasteiger partial charge is 0.308 e. The number of aliphatic carboxylic acids is 1. The number of hydrogen-bond acceptors (Lipinski definition) is 15. The van der Waals surface area contributed by atoms with E-state index in [2.05, 4.69) is 6.58 Å². The van der Waals surface area contributed by atoms with E-state index in [4.69, 9.17) is 57.2 Å². The van der Waals surface area contributed by atoms with Crippen LogP contribution in [0, 0.1) is 0 Å². The van der Waals surface area contributed by atoms with Crippen molar-refractivity contribution in [2.24, 2.45) is 0 Å². The number of carboxylic acid groups (broad SMARTS) is 1. The van der Waals surface area contributed by atoms with Crippen LogP contribution in [0.5, 0.6) is 0 Å². The highest BCUT2D eigenvalue weighted by atomic mass is 16.6. The number of carbonyl (C=O) groups excluding carboxylic acids is 3. The van der Waals surface area contributed by atoms with Gasteiger partial charge in [0, 0.05) is 26.1 Å². The van der Waals surface area contributed by atoms with Crippen LogP contribution in [0.4, 0.5) is 0 Å². The number of hydrogen-bond donors (Lipinski definition) is 1. The van der Waals surface area contributed by atoms with Gasteiger partial charge in [0.25, 0.3) is 0 Å². The van der Waals surface area contributed by atoms with Crippen LogP contribution in [0.1, 0.15) is 80.1 Å². The highest BCUT2D eigenvalue weighted by molar-refractivity contribution is 5.70. The fourth-order valence-electron chi connectivity index (χ4n) is 3.48. The van der Waals surface area contributed by atoms with Crippen molar-refractivity contribution < 1.29 is 76.4 Å². The van der Waals surface area contributed by atoms with Gasteiger partial charge in [0.1, 0.15) is 17.8 Å². The Morgan fingerprint density at radius 1 is 0.453 bits per heavy atom. The van der Waals surface area contributed by atoms with Gasteiger partial charge in [-0.15, -0.1) is 0 Å². The molecule has 16 heteroatoms. The van der Waals surface area contributed by atoms with Crippen molar-refractivity contribution in [2.45, 2.75) is 91.3 Å². The molecule has 0 spiro atoms. The normalized spacial score (nSPS) is 11.4. The summed E-state index contributed by atoms with van der Waals surface area (Å²) in [7, 11) is 0. The zero-order chi connectivity index (χ0) is 40.1. The predicted molar refractivity (Wildman–Crippen MR) is 195 cm³/mol. The number of carboxylic acids is 1. The third-order valence-corrected chi connectivity index (χ3v) is 5.68. The summed E-state index contributed by atoms with van der Waals surface area (Å²) in [6.07, 6.45) is 3.69. The van der Waals surface area contributed by atoms with Crippen LogP contribution in [-0.2, 0) is 71.3 Å². The molecule has 0 radical (unpaired) electrons. The van der Waals surface area contributed by atoms with Crippen LogP contribution in [0.25, 0.3) is 0 Å². The van der Waals surface area contributed by atoms with E-state index in [9.17, 15) is 19.2 Å². The van der Waals surface area contributed by atoms with Gasteiger partial charge in [0.2, 0.25) is 0 Å². The average molecular weight is 769 g/mol. The maximum Gasteiger partial charge on any atom is 0.308 e. The molecule has 0 heterocycles. The molecule has 0 unspecified atom stereocenters. The first kappa shape index (κ1) is 52.4. The highest BCUT2D eigenvalue weighted by Crippen LogP contribution is 2.10. The Morgan fingerprint density at radius 3 is 1.06 bits per heavy atom. The second-order valence-corrected chi connectivity index (χ2v) is 13.1. The van der Waals surface area contributed by atoms with Gasteiger partial charge in [-0.1, -0.05) is 12.7 Å². The highest BCUT2D eigenvalue weighted by Gasteiger charge is 2.16. The summed E-state index contributed by atoms with van der Waals surface area (Å²) in [5, 5.41) is 8.41. The lowest BCUT2D eigenvalue weighted by Gasteiger charge is -2.19. The molecule has 0 aromatic rings. The van der Waals surface area contributed by atoms with Crippen molar-refractivity contribution in [1.82, 2.24) is 0 Å². The van der Waals surface area contributed by atoms with E-state index >= 15 is 0 Å². The first-order chi connectivity index (χ1) is 25.2. The lowest BCUT2D eigenvalue weighted by Crippen LogP contribution is -2.23. The van der Waals surface area contributed by atoms with Crippen molar-refractivity contribution in [3.05, 3.63) is 12.7 Å². The van der Waals surface area contributed by atoms with E-state index in [1.165, 1.54) is 6.08 Å². The van der Waals surface area contributed by atoms with Gasteiger partial charge >= 0.3 is 23.9 Å². The molecule has 0 rings (SSSR count). The van der Waals surface area contributed by atoms with Gasteiger partial charge in [0.05, 0.1) is 105 Å². The largest absolute Gasteiger partial charge is 0.481 e. The lowest BCUT2D eigenvalue weighted by molar-refractivity contribution is -0.156. The van der Waals surface area contributed by atoms with E-state index in [0.717, 1.165) is 0 Å². The Balaban J connectivity index is 0. The van der Waals surface area contributed by atoms with Gasteiger partial charge in [-0.05, 0) is 54.4 Å². The molecular weight excluding hydrogens is 700 g/mol. The van der Waals surface area contributed by atoms with Crippen LogP contribution in [0.15, 0.2) is 12.7 Å². The second kappa shape index (κ2) is 36.3.